The molecule has 0 spiro atoms. The molecule has 0 unspecified atom stereocenters. The van der Waals surface area contributed by atoms with Gasteiger partial charge in [0.05, 0.1) is 0 Å². The van der Waals surface area contributed by atoms with E-state index in [2.05, 4.69) is 24.3 Å². The Balaban J connectivity index is 2.39. The zero-order valence-electron chi connectivity index (χ0n) is 9.11. The summed E-state index contributed by atoms with van der Waals surface area (Å²) >= 11 is 0. The largest absolute Gasteiger partial charge is 0.536 e. The molecule has 0 aliphatic heterocycles. The van der Waals surface area contributed by atoms with E-state index in [0.29, 0.717) is 0 Å². The van der Waals surface area contributed by atoms with Crippen LogP contribution in [0.4, 0.5) is 0 Å². The summed E-state index contributed by atoms with van der Waals surface area (Å²) in [7, 11) is 2.21. The molecule has 4 heteroatoms. The SMILES string of the molecule is CO[Si](OC)(OC)c1ccc2c(c1)C=C2. The first-order valence-electron chi connectivity index (χ1n) is 4.74. The highest BCUT2D eigenvalue weighted by atomic mass is 28.4. The van der Waals surface area contributed by atoms with Crippen LogP contribution in [0.3, 0.4) is 0 Å². The molecule has 0 atom stereocenters. The van der Waals surface area contributed by atoms with Crippen molar-refractivity contribution in [1.29, 1.82) is 0 Å². The standard InChI is InChI=1S/C11H14O3Si/c1-12-15(13-2,14-3)11-7-6-9-4-5-10(9)8-11/h4-8H,1-3H3. The Kier molecular flexibility index (Phi) is 2.75. The third-order valence-electron chi connectivity index (χ3n) is 2.69. The average molecular weight is 222 g/mol. The predicted octanol–water partition coefficient (Wildman–Crippen LogP) is 1.26. The van der Waals surface area contributed by atoms with Crippen LogP contribution in [0.2, 0.25) is 0 Å². The van der Waals surface area contributed by atoms with Crippen molar-refractivity contribution in [3.8, 4) is 0 Å². The molecule has 0 N–H and O–H groups in total. The second-order valence-electron chi connectivity index (χ2n) is 3.35. The molecule has 2 rings (SSSR count). The molecular weight excluding hydrogens is 208 g/mol. The van der Waals surface area contributed by atoms with Gasteiger partial charge in [-0.1, -0.05) is 24.3 Å². The fourth-order valence-corrected chi connectivity index (χ4v) is 3.58. The van der Waals surface area contributed by atoms with Crippen LogP contribution in [-0.2, 0) is 13.3 Å². The highest BCUT2D eigenvalue weighted by molar-refractivity contribution is 6.75. The summed E-state index contributed by atoms with van der Waals surface area (Å²) < 4.78 is 16.2. The summed E-state index contributed by atoms with van der Waals surface area (Å²) in [4.78, 5) is 0. The number of rotatable bonds is 4. The summed E-state index contributed by atoms with van der Waals surface area (Å²) in [5.74, 6) is 0. The molecule has 1 aromatic carbocycles. The van der Waals surface area contributed by atoms with Crippen molar-refractivity contribution in [3.05, 3.63) is 29.3 Å². The van der Waals surface area contributed by atoms with Crippen LogP contribution in [-0.4, -0.2) is 30.1 Å². The molecule has 1 aromatic rings. The summed E-state index contributed by atoms with van der Waals surface area (Å²) in [6, 6.07) is 6.13. The molecule has 0 heterocycles. The van der Waals surface area contributed by atoms with E-state index in [-0.39, 0.29) is 0 Å². The van der Waals surface area contributed by atoms with Crippen molar-refractivity contribution in [2.24, 2.45) is 0 Å². The number of benzene rings is 1. The Morgan fingerprint density at radius 3 is 1.87 bits per heavy atom. The van der Waals surface area contributed by atoms with Gasteiger partial charge in [0.2, 0.25) is 0 Å². The van der Waals surface area contributed by atoms with Gasteiger partial charge >= 0.3 is 8.80 Å². The van der Waals surface area contributed by atoms with Crippen molar-refractivity contribution < 1.29 is 13.3 Å². The van der Waals surface area contributed by atoms with Crippen LogP contribution in [0, 0.1) is 0 Å². The maximum absolute atomic E-state index is 5.41. The molecule has 0 fully saturated rings. The Hall–Kier alpha value is -0.943. The summed E-state index contributed by atoms with van der Waals surface area (Å²) in [6.45, 7) is 0. The Labute approximate surface area is 90.7 Å². The third-order valence-corrected chi connectivity index (χ3v) is 5.32. The molecule has 0 amide bonds. The lowest BCUT2D eigenvalue weighted by molar-refractivity contribution is 0.140. The lowest BCUT2D eigenvalue weighted by atomic mass is 9.98. The van der Waals surface area contributed by atoms with Crippen LogP contribution < -0.4 is 5.19 Å². The minimum atomic E-state index is -2.65. The highest BCUT2D eigenvalue weighted by Crippen LogP contribution is 2.22. The monoisotopic (exact) mass is 222 g/mol. The molecular formula is C11H14O3Si. The number of hydrogen-bond acceptors (Lipinski definition) is 3. The quantitative estimate of drug-likeness (QED) is 0.729. The fraction of sp³-hybridized carbons (Fsp3) is 0.273. The van der Waals surface area contributed by atoms with Gasteiger partial charge < -0.3 is 13.3 Å². The van der Waals surface area contributed by atoms with Gasteiger partial charge in [-0.3, -0.25) is 0 Å². The van der Waals surface area contributed by atoms with E-state index in [1.54, 1.807) is 21.3 Å². The molecule has 15 heavy (non-hydrogen) atoms. The molecule has 0 saturated heterocycles. The Morgan fingerprint density at radius 1 is 0.867 bits per heavy atom. The van der Waals surface area contributed by atoms with Crippen LogP contribution in [0.1, 0.15) is 11.1 Å². The van der Waals surface area contributed by atoms with E-state index >= 15 is 0 Å². The maximum Gasteiger partial charge on any atom is 0.536 e. The second kappa shape index (κ2) is 3.90. The number of hydrogen-bond donors (Lipinski definition) is 0. The van der Waals surface area contributed by atoms with E-state index in [9.17, 15) is 0 Å². The average Bonchev–Trinajstić information content (AvgIpc) is 2.25. The van der Waals surface area contributed by atoms with Crippen LogP contribution in [0.15, 0.2) is 18.2 Å². The lowest BCUT2D eigenvalue weighted by Gasteiger charge is -2.25. The highest BCUT2D eigenvalue weighted by Gasteiger charge is 2.41. The molecule has 0 radical (unpaired) electrons. The van der Waals surface area contributed by atoms with Crippen molar-refractivity contribution in [2.75, 3.05) is 21.3 Å². The van der Waals surface area contributed by atoms with Crippen molar-refractivity contribution >= 4 is 26.1 Å². The van der Waals surface area contributed by atoms with Crippen molar-refractivity contribution in [3.63, 3.8) is 0 Å². The molecule has 1 aliphatic rings. The van der Waals surface area contributed by atoms with Crippen LogP contribution in [0.5, 0.6) is 0 Å². The second-order valence-corrected chi connectivity index (χ2v) is 6.26. The van der Waals surface area contributed by atoms with Gasteiger partial charge in [-0.25, -0.2) is 0 Å². The van der Waals surface area contributed by atoms with Gasteiger partial charge in [0.25, 0.3) is 0 Å². The van der Waals surface area contributed by atoms with Gasteiger partial charge in [-0.15, -0.1) is 0 Å². The molecule has 0 aromatic heterocycles. The molecule has 3 nitrogen and oxygen atoms in total. The zero-order chi connectivity index (χ0) is 10.9. The first-order valence-corrected chi connectivity index (χ1v) is 6.46. The Morgan fingerprint density at radius 2 is 1.47 bits per heavy atom. The summed E-state index contributed by atoms with van der Waals surface area (Å²) in [5, 5.41) is 0.998. The van der Waals surface area contributed by atoms with Gasteiger partial charge in [-0.2, -0.15) is 0 Å². The predicted molar refractivity (Wildman–Crippen MR) is 61.8 cm³/mol. The molecule has 1 aliphatic carbocycles. The maximum atomic E-state index is 5.41. The van der Waals surface area contributed by atoms with Crippen molar-refractivity contribution in [2.45, 2.75) is 0 Å². The van der Waals surface area contributed by atoms with Crippen LogP contribution >= 0.6 is 0 Å². The minimum Gasteiger partial charge on any atom is -0.373 e. The first kappa shape index (κ1) is 10.6. The lowest BCUT2D eigenvalue weighted by Crippen LogP contribution is -2.54. The van der Waals surface area contributed by atoms with Gasteiger partial charge in [-0.05, 0) is 17.2 Å². The van der Waals surface area contributed by atoms with E-state index in [4.69, 9.17) is 13.3 Å². The molecule has 0 bridgehead atoms. The molecule has 0 saturated carbocycles. The van der Waals surface area contributed by atoms with Gasteiger partial charge in [0.15, 0.2) is 0 Å². The topological polar surface area (TPSA) is 27.7 Å². The summed E-state index contributed by atoms with van der Waals surface area (Å²) in [6.07, 6.45) is 4.15. The normalized spacial score (nSPS) is 13.5. The minimum absolute atomic E-state index is 0.998. The smallest absolute Gasteiger partial charge is 0.373 e. The van der Waals surface area contributed by atoms with Gasteiger partial charge in [0.1, 0.15) is 0 Å². The van der Waals surface area contributed by atoms with Gasteiger partial charge in [0, 0.05) is 26.5 Å². The van der Waals surface area contributed by atoms with E-state index < -0.39 is 8.80 Å². The summed E-state index contributed by atoms with van der Waals surface area (Å²) in [5.41, 5.74) is 2.47. The third kappa shape index (κ3) is 1.55. The Bertz CT molecular complexity index is 389. The fourth-order valence-electron chi connectivity index (χ4n) is 1.75. The van der Waals surface area contributed by atoms with Crippen molar-refractivity contribution in [1.82, 2.24) is 0 Å². The first-order chi connectivity index (χ1) is 7.25. The molecule has 80 valence electrons. The zero-order valence-corrected chi connectivity index (χ0v) is 10.1. The van der Waals surface area contributed by atoms with E-state index in [0.717, 1.165) is 5.19 Å². The van der Waals surface area contributed by atoms with E-state index in [1.807, 2.05) is 6.07 Å². The number of fused-ring (bicyclic) bond motifs is 1. The van der Waals surface area contributed by atoms with E-state index in [1.165, 1.54) is 11.1 Å². The van der Waals surface area contributed by atoms with Crippen LogP contribution in [0.25, 0.3) is 12.2 Å².